The van der Waals surface area contributed by atoms with Gasteiger partial charge >= 0.3 is 0 Å². The van der Waals surface area contributed by atoms with Crippen LogP contribution in [0.25, 0.3) is 0 Å². The molecule has 0 atom stereocenters. The monoisotopic (exact) mass is 170 g/mol. The molecule has 0 fully saturated rings. The van der Waals surface area contributed by atoms with Crippen LogP contribution in [0.5, 0.6) is 0 Å². The van der Waals surface area contributed by atoms with E-state index in [1.807, 2.05) is 6.92 Å². The van der Waals surface area contributed by atoms with Crippen LogP contribution in [0.1, 0.15) is 17.4 Å². The number of nitrogens with one attached hydrogen (secondary N) is 1. The van der Waals surface area contributed by atoms with Gasteiger partial charge in [-0.2, -0.15) is 0 Å². The van der Waals surface area contributed by atoms with Crippen LogP contribution >= 0.6 is 11.3 Å². The Bertz CT molecular complexity index is 220. The third kappa shape index (κ3) is 2.40. The van der Waals surface area contributed by atoms with Crippen molar-refractivity contribution in [1.29, 1.82) is 0 Å². The molecular formula is C7H10N2OS. The normalized spacial score (nSPS) is 9.91. The van der Waals surface area contributed by atoms with Gasteiger partial charge in [-0.15, -0.1) is 11.3 Å². The Morgan fingerprint density at radius 1 is 1.82 bits per heavy atom. The number of rotatable bonds is 4. The van der Waals surface area contributed by atoms with Gasteiger partial charge in [0, 0.05) is 5.38 Å². The first-order valence-corrected chi connectivity index (χ1v) is 4.41. The molecule has 4 heteroatoms. The highest BCUT2D eigenvalue weighted by atomic mass is 32.1. The molecule has 0 aromatic carbocycles. The number of likely N-dealkylation sites (N-methyl/N-ethyl adjacent to an activating group) is 1. The zero-order valence-corrected chi connectivity index (χ0v) is 7.15. The summed E-state index contributed by atoms with van der Waals surface area (Å²) in [7, 11) is 0. The lowest BCUT2D eigenvalue weighted by Crippen LogP contribution is -2.22. The fraction of sp³-hybridized carbons (Fsp3) is 0.429. The van der Waals surface area contributed by atoms with E-state index in [9.17, 15) is 4.79 Å². The second-order valence-corrected chi connectivity index (χ2v) is 2.80. The van der Waals surface area contributed by atoms with E-state index in [0.29, 0.717) is 12.2 Å². The summed E-state index contributed by atoms with van der Waals surface area (Å²) in [5.41, 5.74) is 2.23. The van der Waals surface area contributed by atoms with Gasteiger partial charge in [-0.25, -0.2) is 4.98 Å². The molecule has 0 amide bonds. The van der Waals surface area contributed by atoms with Gasteiger partial charge in [0.25, 0.3) is 0 Å². The predicted molar refractivity (Wildman–Crippen MR) is 45.0 cm³/mol. The molecule has 1 rings (SSSR count). The summed E-state index contributed by atoms with van der Waals surface area (Å²) in [6, 6.07) is 0. The van der Waals surface area contributed by atoms with Crippen molar-refractivity contribution in [2.24, 2.45) is 0 Å². The van der Waals surface area contributed by atoms with E-state index in [0.717, 1.165) is 6.54 Å². The van der Waals surface area contributed by atoms with Crippen LogP contribution in [0.4, 0.5) is 0 Å². The smallest absolute Gasteiger partial charge is 0.195 e. The Labute approximate surface area is 69.5 Å². The van der Waals surface area contributed by atoms with Gasteiger partial charge in [0.15, 0.2) is 5.78 Å². The van der Waals surface area contributed by atoms with E-state index in [4.69, 9.17) is 0 Å². The lowest BCUT2D eigenvalue weighted by molar-refractivity contribution is 0.0987. The van der Waals surface area contributed by atoms with E-state index in [2.05, 4.69) is 10.3 Å². The van der Waals surface area contributed by atoms with Crippen LogP contribution in [-0.2, 0) is 0 Å². The summed E-state index contributed by atoms with van der Waals surface area (Å²) in [6.07, 6.45) is 0. The SMILES string of the molecule is CCNCC(=O)c1cscn1. The third-order valence-corrected chi connectivity index (χ3v) is 1.84. The van der Waals surface area contributed by atoms with E-state index in [1.54, 1.807) is 10.9 Å². The largest absolute Gasteiger partial charge is 0.310 e. The Kier molecular flexibility index (Phi) is 3.19. The van der Waals surface area contributed by atoms with Gasteiger partial charge in [0.2, 0.25) is 0 Å². The quantitative estimate of drug-likeness (QED) is 0.684. The van der Waals surface area contributed by atoms with E-state index < -0.39 is 0 Å². The van der Waals surface area contributed by atoms with Crippen molar-refractivity contribution in [2.75, 3.05) is 13.1 Å². The Morgan fingerprint density at radius 3 is 3.18 bits per heavy atom. The van der Waals surface area contributed by atoms with Gasteiger partial charge in [0.05, 0.1) is 12.1 Å². The fourth-order valence-electron chi connectivity index (χ4n) is 0.679. The maximum atomic E-state index is 11.1. The van der Waals surface area contributed by atoms with Crippen molar-refractivity contribution in [3.05, 3.63) is 16.6 Å². The minimum absolute atomic E-state index is 0.0631. The standard InChI is InChI=1S/C7H10N2OS/c1-2-8-3-7(10)6-4-11-5-9-6/h4-5,8H,2-3H2,1H3. The van der Waals surface area contributed by atoms with E-state index >= 15 is 0 Å². The first-order chi connectivity index (χ1) is 5.34. The predicted octanol–water partition coefficient (Wildman–Crippen LogP) is 0.935. The second kappa shape index (κ2) is 4.20. The molecule has 0 unspecified atom stereocenters. The van der Waals surface area contributed by atoms with Crippen molar-refractivity contribution in [2.45, 2.75) is 6.92 Å². The van der Waals surface area contributed by atoms with Gasteiger partial charge in [-0.1, -0.05) is 6.92 Å². The summed E-state index contributed by atoms with van der Waals surface area (Å²) in [5.74, 6) is 0.0631. The topological polar surface area (TPSA) is 42.0 Å². The van der Waals surface area contributed by atoms with Crippen LogP contribution in [-0.4, -0.2) is 23.9 Å². The number of carbonyl (C=O) groups excluding carboxylic acids is 1. The van der Waals surface area contributed by atoms with Crippen LogP contribution in [0.3, 0.4) is 0 Å². The van der Waals surface area contributed by atoms with Gasteiger partial charge in [0.1, 0.15) is 5.69 Å². The molecule has 3 nitrogen and oxygen atoms in total. The van der Waals surface area contributed by atoms with Crippen molar-refractivity contribution in [1.82, 2.24) is 10.3 Å². The highest BCUT2D eigenvalue weighted by molar-refractivity contribution is 7.07. The maximum absolute atomic E-state index is 11.1. The first kappa shape index (κ1) is 8.36. The van der Waals surface area contributed by atoms with Crippen molar-refractivity contribution in [3.63, 3.8) is 0 Å². The molecular weight excluding hydrogens is 160 g/mol. The van der Waals surface area contributed by atoms with Crippen molar-refractivity contribution < 1.29 is 4.79 Å². The van der Waals surface area contributed by atoms with E-state index in [1.165, 1.54) is 11.3 Å². The molecule has 60 valence electrons. The number of hydrogen-bond donors (Lipinski definition) is 1. The molecule has 0 spiro atoms. The molecule has 0 saturated heterocycles. The van der Waals surface area contributed by atoms with E-state index in [-0.39, 0.29) is 5.78 Å². The second-order valence-electron chi connectivity index (χ2n) is 2.08. The summed E-state index contributed by atoms with van der Waals surface area (Å²) in [4.78, 5) is 15.0. The van der Waals surface area contributed by atoms with Crippen LogP contribution in [0.2, 0.25) is 0 Å². The van der Waals surface area contributed by atoms with Gasteiger partial charge in [-0.05, 0) is 6.54 Å². The minimum atomic E-state index is 0.0631. The maximum Gasteiger partial charge on any atom is 0.195 e. The molecule has 1 heterocycles. The molecule has 0 aliphatic carbocycles. The number of nitrogens with zero attached hydrogens (tertiary/aromatic N) is 1. The first-order valence-electron chi connectivity index (χ1n) is 3.46. The van der Waals surface area contributed by atoms with Gasteiger partial charge < -0.3 is 5.32 Å². The number of Topliss-reactive ketones (excluding diaryl/α,β-unsaturated/α-hetero) is 1. The summed E-state index contributed by atoms with van der Waals surface area (Å²) < 4.78 is 0. The van der Waals surface area contributed by atoms with Crippen LogP contribution in [0.15, 0.2) is 10.9 Å². The molecule has 1 N–H and O–H groups in total. The number of thiazole rings is 1. The van der Waals surface area contributed by atoms with Crippen LogP contribution < -0.4 is 5.32 Å². The van der Waals surface area contributed by atoms with Crippen LogP contribution in [0, 0.1) is 0 Å². The molecule has 1 aromatic rings. The number of hydrogen-bond acceptors (Lipinski definition) is 4. The zero-order chi connectivity index (χ0) is 8.10. The lowest BCUT2D eigenvalue weighted by atomic mass is 10.3. The number of aromatic nitrogens is 1. The minimum Gasteiger partial charge on any atom is -0.310 e. The number of carbonyl (C=O) groups is 1. The lowest BCUT2D eigenvalue weighted by Gasteiger charge is -1.96. The molecule has 11 heavy (non-hydrogen) atoms. The summed E-state index contributed by atoms with van der Waals surface area (Å²) in [6.45, 7) is 3.17. The van der Waals surface area contributed by atoms with Crippen molar-refractivity contribution in [3.8, 4) is 0 Å². The average Bonchev–Trinajstić information content (AvgIpc) is 2.52. The highest BCUT2D eigenvalue weighted by Gasteiger charge is 2.05. The molecule has 0 saturated carbocycles. The highest BCUT2D eigenvalue weighted by Crippen LogP contribution is 2.00. The Hall–Kier alpha value is -0.740. The zero-order valence-electron chi connectivity index (χ0n) is 6.33. The Morgan fingerprint density at radius 2 is 2.64 bits per heavy atom. The Balaban J connectivity index is 2.43. The van der Waals surface area contributed by atoms with Gasteiger partial charge in [-0.3, -0.25) is 4.79 Å². The molecule has 0 aliphatic rings. The van der Waals surface area contributed by atoms with Crippen molar-refractivity contribution >= 4 is 17.1 Å². The molecule has 0 bridgehead atoms. The average molecular weight is 170 g/mol. The third-order valence-electron chi connectivity index (χ3n) is 1.25. The molecule has 1 aromatic heterocycles. The molecule has 0 aliphatic heterocycles. The summed E-state index contributed by atoms with van der Waals surface area (Å²) in [5, 5.41) is 4.71. The summed E-state index contributed by atoms with van der Waals surface area (Å²) >= 11 is 1.44. The number of ketones is 1. The molecule has 0 radical (unpaired) electrons. The fourth-order valence-corrected chi connectivity index (χ4v) is 1.24.